The molecule has 8 heteroatoms. The molecule has 3 aromatic carbocycles. The van der Waals surface area contributed by atoms with Gasteiger partial charge in [0.25, 0.3) is 5.95 Å². The summed E-state index contributed by atoms with van der Waals surface area (Å²) in [6.45, 7) is 2.08. The first kappa shape index (κ1) is 21.4. The quantitative estimate of drug-likeness (QED) is 0.475. The van der Waals surface area contributed by atoms with Crippen LogP contribution in [0.25, 0.3) is 5.70 Å². The van der Waals surface area contributed by atoms with Crippen molar-refractivity contribution in [3.8, 4) is 5.75 Å². The molecule has 0 spiro atoms. The molecule has 170 valence electrons. The normalized spacial score (nSPS) is 14.8. The number of para-hydroxylation sites is 2. The summed E-state index contributed by atoms with van der Waals surface area (Å²) in [5.41, 5.74) is 4.68. The summed E-state index contributed by atoms with van der Waals surface area (Å²) in [7, 11) is 1.57. The van der Waals surface area contributed by atoms with Crippen molar-refractivity contribution in [1.82, 2.24) is 20.2 Å². The predicted octanol–water partition coefficient (Wildman–Crippen LogP) is 4.08. The summed E-state index contributed by atoms with van der Waals surface area (Å²) >= 11 is 0. The number of hydrogen-bond donors (Lipinski definition) is 1. The topological polar surface area (TPSA) is 85.2 Å². The summed E-state index contributed by atoms with van der Waals surface area (Å²) < 4.78 is 7.11. The molecule has 1 N–H and O–H groups in total. The number of carbonyl (C=O) groups excluding carboxylic acids is 1. The van der Waals surface area contributed by atoms with Crippen molar-refractivity contribution in [2.45, 2.75) is 13.0 Å². The van der Waals surface area contributed by atoms with E-state index in [-0.39, 0.29) is 18.5 Å². The van der Waals surface area contributed by atoms with E-state index in [1.807, 2.05) is 47.4 Å². The smallest absolute Gasteiger partial charge is 0.251 e. The molecule has 1 aliphatic rings. The Bertz CT molecular complexity index is 1330. The zero-order valence-electron chi connectivity index (χ0n) is 18.9. The van der Waals surface area contributed by atoms with Gasteiger partial charge in [0.1, 0.15) is 18.3 Å². The molecule has 0 bridgehead atoms. The largest absolute Gasteiger partial charge is 0.495 e. The van der Waals surface area contributed by atoms with Gasteiger partial charge in [-0.1, -0.05) is 77.4 Å². The van der Waals surface area contributed by atoms with Crippen molar-refractivity contribution in [3.05, 3.63) is 102 Å². The molecule has 0 saturated heterocycles. The molecule has 1 aromatic heterocycles. The van der Waals surface area contributed by atoms with E-state index in [4.69, 9.17) is 4.74 Å². The molecular weight excluding hydrogens is 428 g/mol. The number of ether oxygens (including phenoxy) is 1. The van der Waals surface area contributed by atoms with E-state index >= 15 is 0 Å². The minimum atomic E-state index is -0.213. The Kier molecular flexibility index (Phi) is 5.78. The lowest BCUT2D eigenvalue weighted by Gasteiger charge is -2.32. The van der Waals surface area contributed by atoms with Gasteiger partial charge in [0, 0.05) is 0 Å². The van der Waals surface area contributed by atoms with Crippen molar-refractivity contribution < 1.29 is 9.53 Å². The Balaban J connectivity index is 1.52. The summed E-state index contributed by atoms with van der Waals surface area (Å²) in [5.74, 6) is 0.884. The molecule has 1 amide bonds. The lowest BCUT2D eigenvalue weighted by Crippen LogP contribution is -2.37. The van der Waals surface area contributed by atoms with E-state index in [0.29, 0.717) is 17.4 Å². The standard InChI is InChI=1S/C26H24N6O2/c1-18-12-14-20(15-13-18)23-16-22(19-8-4-3-5-9-19)31(26-28-29-30-32(23)26)17-25(33)27-21-10-6-7-11-24(21)34-2/h3-16,23H,17H2,1-2H3,(H,27,33). The number of benzene rings is 3. The van der Waals surface area contributed by atoms with Crippen molar-refractivity contribution in [2.75, 3.05) is 23.9 Å². The number of aryl methyl sites for hydroxylation is 1. The minimum Gasteiger partial charge on any atom is -0.495 e. The summed E-state index contributed by atoms with van der Waals surface area (Å²) in [6, 6.07) is 25.4. The zero-order valence-corrected chi connectivity index (χ0v) is 18.9. The van der Waals surface area contributed by atoms with Gasteiger partial charge in [-0.15, -0.1) is 0 Å². The Hall–Kier alpha value is -4.46. The number of carbonyl (C=O) groups is 1. The summed E-state index contributed by atoms with van der Waals surface area (Å²) in [5, 5.41) is 15.4. The summed E-state index contributed by atoms with van der Waals surface area (Å²) in [6.07, 6.45) is 2.10. The number of nitrogens with zero attached hydrogens (tertiary/aromatic N) is 5. The lowest BCUT2D eigenvalue weighted by molar-refractivity contribution is -0.114. The number of rotatable bonds is 6. The number of methoxy groups -OCH3 is 1. The maximum Gasteiger partial charge on any atom is 0.251 e. The van der Waals surface area contributed by atoms with E-state index in [9.17, 15) is 4.79 Å². The first-order valence-corrected chi connectivity index (χ1v) is 11.0. The average molecular weight is 453 g/mol. The molecule has 0 saturated carbocycles. The zero-order chi connectivity index (χ0) is 23.5. The van der Waals surface area contributed by atoms with Crippen LogP contribution in [0.3, 0.4) is 0 Å². The first-order chi connectivity index (χ1) is 16.6. The number of nitrogens with one attached hydrogen (secondary N) is 1. The number of aromatic nitrogens is 4. The molecule has 0 fully saturated rings. The van der Waals surface area contributed by atoms with Gasteiger partial charge in [-0.2, -0.15) is 4.68 Å². The highest BCUT2D eigenvalue weighted by atomic mass is 16.5. The lowest BCUT2D eigenvalue weighted by atomic mass is 10.00. The van der Waals surface area contributed by atoms with Crippen LogP contribution in [0.1, 0.15) is 22.7 Å². The second-order valence-corrected chi connectivity index (χ2v) is 8.03. The third-order valence-electron chi connectivity index (χ3n) is 5.76. The van der Waals surface area contributed by atoms with Gasteiger partial charge < -0.3 is 10.1 Å². The van der Waals surface area contributed by atoms with Crippen LogP contribution in [0.2, 0.25) is 0 Å². The highest BCUT2D eigenvalue weighted by molar-refractivity contribution is 5.98. The molecule has 0 aliphatic carbocycles. The monoisotopic (exact) mass is 452 g/mol. The number of tetrazole rings is 1. The number of anilines is 2. The van der Waals surface area contributed by atoms with Gasteiger partial charge >= 0.3 is 0 Å². The van der Waals surface area contributed by atoms with Gasteiger partial charge in [-0.25, -0.2) is 0 Å². The molecular formula is C26H24N6O2. The fraction of sp³-hybridized carbons (Fsp3) is 0.154. The van der Waals surface area contributed by atoms with Crippen molar-refractivity contribution in [1.29, 1.82) is 0 Å². The van der Waals surface area contributed by atoms with Gasteiger partial charge in [-0.3, -0.25) is 9.69 Å². The van der Waals surface area contributed by atoms with Crippen LogP contribution in [-0.2, 0) is 4.79 Å². The maximum atomic E-state index is 13.1. The third-order valence-corrected chi connectivity index (χ3v) is 5.76. The first-order valence-electron chi connectivity index (χ1n) is 11.0. The predicted molar refractivity (Wildman–Crippen MR) is 131 cm³/mol. The molecule has 8 nitrogen and oxygen atoms in total. The number of hydrogen-bond acceptors (Lipinski definition) is 6. The molecule has 34 heavy (non-hydrogen) atoms. The van der Waals surface area contributed by atoms with Gasteiger partial charge in [0.2, 0.25) is 5.91 Å². The molecule has 5 rings (SSSR count). The van der Waals surface area contributed by atoms with E-state index < -0.39 is 0 Å². The highest BCUT2D eigenvalue weighted by Crippen LogP contribution is 2.36. The second kappa shape index (κ2) is 9.19. The van der Waals surface area contributed by atoms with E-state index in [2.05, 4.69) is 58.1 Å². The van der Waals surface area contributed by atoms with Crippen LogP contribution < -0.4 is 15.0 Å². The number of allylic oxidation sites excluding steroid dienone is 1. The Morgan fingerprint density at radius 3 is 2.50 bits per heavy atom. The summed E-state index contributed by atoms with van der Waals surface area (Å²) in [4.78, 5) is 15.0. The van der Waals surface area contributed by atoms with Crippen LogP contribution in [-0.4, -0.2) is 39.8 Å². The van der Waals surface area contributed by atoms with Crippen molar-refractivity contribution in [2.24, 2.45) is 0 Å². The average Bonchev–Trinajstić information content (AvgIpc) is 3.36. The SMILES string of the molecule is COc1ccccc1NC(=O)CN1C(c2ccccc2)=CC(c2ccc(C)cc2)n2nnnc21. The molecule has 1 atom stereocenters. The minimum absolute atomic E-state index is 0.0275. The Morgan fingerprint density at radius 2 is 1.74 bits per heavy atom. The second-order valence-electron chi connectivity index (χ2n) is 8.03. The maximum absolute atomic E-state index is 13.1. The number of fused-ring (bicyclic) bond motifs is 1. The van der Waals surface area contributed by atoms with Crippen LogP contribution in [0.15, 0.2) is 84.9 Å². The molecule has 2 heterocycles. The van der Waals surface area contributed by atoms with Gasteiger partial charge in [0.05, 0.1) is 18.5 Å². The van der Waals surface area contributed by atoms with Crippen LogP contribution in [0, 0.1) is 6.92 Å². The number of amides is 1. The van der Waals surface area contributed by atoms with Gasteiger partial charge in [-0.05, 0) is 46.7 Å². The Morgan fingerprint density at radius 1 is 1.00 bits per heavy atom. The highest BCUT2D eigenvalue weighted by Gasteiger charge is 2.32. The van der Waals surface area contributed by atoms with E-state index in [1.165, 1.54) is 5.56 Å². The van der Waals surface area contributed by atoms with Crippen LogP contribution >= 0.6 is 0 Å². The van der Waals surface area contributed by atoms with E-state index in [1.54, 1.807) is 23.9 Å². The molecule has 4 aromatic rings. The van der Waals surface area contributed by atoms with Gasteiger partial charge in [0.15, 0.2) is 0 Å². The van der Waals surface area contributed by atoms with Crippen molar-refractivity contribution >= 4 is 23.2 Å². The van der Waals surface area contributed by atoms with Crippen LogP contribution in [0.4, 0.5) is 11.6 Å². The van der Waals surface area contributed by atoms with E-state index in [0.717, 1.165) is 16.8 Å². The molecule has 1 unspecified atom stereocenters. The fourth-order valence-electron chi connectivity index (χ4n) is 4.06. The third kappa shape index (κ3) is 4.13. The Labute approximate surface area is 197 Å². The van der Waals surface area contributed by atoms with Crippen LogP contribution in [0.5, 0.6) is 5.75 Å². The van der Waals surface area contributed by atoms with Crippen molar-refractivity contribution in [3.63, 3.8) is 0 Å². The molecule has 1 aliphatic heterocycles. The fourth-order valence-corrected chi connectivity index (χ4v) is 4.06. The molecule has 0 radical (unpaired) electrons.